The zero-order valence-electron chi connectivity index (χ0n) is 10.5. The normalized spacial score (nSPS) is 9.85. The van der Waals surface area contributed by atoms with Crippen LogP contribution in [-0.4, -0.2) is 17.5 Å². The standard InChI is InChI=1S/C15H12FNO3/c16-17(10-12-4-2-1-3-5-12)15(19)13-6-8-14(9-7-13)20-11-18/h1-9,11H,10H2. The maximum absolute atomic E-state index is 13.8. The molecule has 2 aromatic carbocycles. The lowest BCUT2D eigenvalue weighted by Crippen LogP contribution is -2.22. The highest BCUT2D eigenvalue weighted by Crippen LogP contribution is 2.15. The predicted octanol–water partition coefficient (Wildman–Crippen LogP) is 2.75. The predicted molar refractivity (Wildman–Crippen MR) is 70.6 cm³/mol. The monoisotopic (exact) mass is 273 g/mol. The number of halogens is 1. The quantitative estimate of drug-likeness (QED) is 0.621. The van der Waals surface area contributed by atoms with Crippen LogP contribution in [0.25, 0.3) is 0 Å². The van der Waals surface area contributed by atoms with Gasteiger partial charge in [-0.1, -0.05) is 34.8 Å². The average Bonchev–Trinajstić information content (AvgIpc) is 2.48. The molecule has 0 unspecified atom stereocenters. The smallest absolute Gasteiger partial charge is 0.298 e. The van der Waals surface area contributed by atoms with Crippen LogP contribution in [0.1, 0.15) is 15.9 Å². The number of carbonyl (C=O) groups is 2. The summed E-state index contributed by atoms with van der Waals surface area (Å²) in [5, 5.41) is 0.144. The lowest BCUT2D eigenvalue weighted by atomic mass is 10.2. The zero-order chi connectivity index (χ0) is 14.4. The van der Waals surface area contributed by atoms with Crippen molar-refractivity contribution in [2.75, 3.05) is 0 Å². The molecule has 2 rings (SSSR count). The number of hydrogen-bond acceptors (Lipinski definition) is 3. The van der Waals surface area contributed by atoms with Crippen LogP contribution in [0.2, 0.25) is 0 Å². The van der Waals surface area contributed by atoms with E-state index in [2.05, 4.69) is 4.74 Å². The number of ether oxygens (including phenoxy) is 1. The molecule has 0 atom stereocenters. The molecular formula is C15H12FNO3. The van der Waals surface area contributed by atoms with Gasteiger partial charge in [0.15, 0.2) is 0 Å². The summed E-state index contributed by atoms with van der Waals surface area (Å²) in [4.78, 5) is 22.0. The first-order chi connectivity index (χ1) is 9.70. The highest BCUT2D eigenvalue weighted by atomic mass is 19.2. The molecule has 0 aliphatic heterocycles. The Morgan fingerprint density at radius 2 is 1.75 bits per heavy atom. The maximum atomic E-state index is 13.8. The van der Waals surface area contributed by atoms with Crippen LogP contribution in [0.15, 0.2) is 54.6 Å². The summed E-state index contributed by atoms with van der Waals surface area (Å²) in [5.74, 6) is -0.448. The molecule has 0 aliphatic rings. The van der Waals surface area contributed by atoms with Gasteiger partial charge >= 0.3 is 0 Å². The highest BCUT2D eigenvalue weighted by molar-refractivity contribution is 5.93. The molecule has 0 bridgehead atoms. The number of benzene rings is 2. The van der Waals surface area contributed by atoms with Gasteiger partial charge in [0.2, 0.25) is 0 Å². The second kappa shape index (κ2) is 6.47. The third kappa shape index (κ3) is 3.41. The molecule has 1 amide bonds. The fourth-order valence-electron chi connectivity index (χ4n) is 1.69. The second-order valence-corrected chi connectivity index (χ2v) is 4.05. The molecular weight excluding hydrogens is 261 g/mol. The number of amides is 1. The van der Waals surface area contributed by atoms with E-state index in [1.807, 2.05) is 6.07 Å². The molecule has 0 heterocycles. The van der Waals surface area contributed by atoms with Gasteiger partial charge in [-0.3, -0.25) is 9.59 Å². The van der Waals surface area contributed by atoms with Gasteiger partial charge < -0.3 is 4.74 Å². The zero-order valence-corrected chi connectivity index (χ0v) is 10.5. The van der Waals surface area contributed by atoms with Crippen molar-refractivity contribution in [2.45, 2.75) is 6.54 Å². The Hall–Kier alpha value is -2.69. The fraction of sp³-hybridized carbons (Fsp3) is 0.0667. The average molecular weight is 273 g/mol. The Kier molecular flexibility index (Phi) is 4.44. The lowest BCUT2D eigenvalue weighted by Gasteiger charge is -2.12. The van der Waals surface area contributed by atoms with E-state index in [1.54, 1.807) is 24.3 Å². The molecule has 2 aromatic rings. The van der Waals surface area contributed by atoms with E-state index in [9.17, 15) is 14.1 Å². The summed E-state index contributed by atoms with van der Waals surface area (Å²) in [7, 11) is 0. The summed E-state index contributed by atoms with van der Waals surface area (Å²) in [6.07, 6.45) is 0. The van der Waals surface area contributed by atoms with Crippen LogP contribution in [0.4, 0.5) is 4.48 Å². The maximum Gasteiger partial charge on any atom is 0.298 e. The molecule has 0 saturated carbocycles. The molecule has 102 valence electrons. The second-order valence-electron chi connectivity index (χ2n) is 4.05. The van der Waals surface area contributed by atoms with E-state index in [0.717, 1.165) is 0 Å². The molecule has 0 spiro atoms. The largest absolute Gasteiger partial charge is 0.429 e. The van der Waals surface area contributed by atoms with E-state index in [-0.39, 0.29) is 23.7 Å². The number of carbonyl (C=O) groups excluding carboxylic acids is 2. The highest BCUT2D eigenvalue weighted by Gasteiger charge is 2.15. The van der Waals surface area contributed by atoms with Crippen LogP contribution >= 0.6 is 0 Å². The molecule has 0 radical (unpaired) electrons. The summed E-state index contributed by atoms with van der Waals surface area (Å²) in [6.45, 7) is 0.167. The van der Waals surface area contributed by atoms with Gasteiger partial charge in [-0.15, -0.1) is 0 Å². The molecule has 0 aromatic heterocycles. The van der Waals surface area contributed by atoms with Crippen molar-refractivity contribution >= 4 is 12.4 Å². The Balaban J connectivity index is 2.04. The summed E-state index contributed by atoms with van der Waals surface area (Å²) < 4.78 is 18.4. The van der Waals surface area contributed by atoms with Crippen LogP contribution in [-0.2, 0) is 11.3 Å². The summed E-state index contributed by atoms with van der Waals surface area (Å²) in [5.41, 5.74) is 0.880. The van der Waals surface area contributed by atoms with Crippen molar-refractivity contribution < 1.29 is 18.8 Å². The van der Waals surface area contributed by atoms with Gasteiger partial charge in [0.1, 0.15) is 5.75 Å². The molecule has 0 aliphatic carbocycles. The van der Waals surface area contributed by atoms with Crippen LogP contribution in [0, 0.1) is 0 Å². The van der Waals surface area contributed by atoms with Crippen molar-refractivity contribution in [2.24, 2.45) is 0 Å². The fourth-order valence-corrected chi connectivity index (χ4v) is 1.69. The first kappa shape index (κ1) is 13.7. The molecule has 4 nitrogen and oxygen atoms in total. The topological polar surface area (TPSA) is 46.6 Å². The number of nitrogens with zero attached hydrogens (tertiary/aromatic N) is 1. The van der Waals surface area contributed by atoms with E-state index in [4.69, 9.17) is 0 Å². The minimum Gasteiger partial charge on any atom is -0.429 e. The third-order valence-corrected chi connectivity index (χ3v) is 2.67. The number of rotatable bonds is 5. The molecule has 20 heavy (non-hydrogen) atoms. The van der Waals surface area contributed by atoms with Crippen molar-refractivity contribution in [1.29, 1.82) is 0 Å². The van der Waals surface area contributed by atoms with Crippen LogP contribution < -0.4 is 4.74 Å². The van der Waals surface area contributed by atoms with E-state index in [0.29, 0.717) is 11.3 Å². The third-order valence-electron chi connectivity index (χ3n) is 2.67. The summed E-state index contributed by atoms with van der Waals surface area (Å²) in [6, 6.07) is 14.5. The Morgan fingerprint density at radius 1 is 1.10 bits per heavy atom. The molecule has 0 fully saturated rings. The van der Waals surface area contributed by atoms with Crippen LogP contribution in [0.5, 0.6) is 5.75 Å². The lowest BCUT2D eigenvalue weighted by molar-refractivity contribution is -0.120. The Bertz CT molecular complexity index is 584. The van der Waals surface area contributed by atoms with Crippen molar-refractivity contribution in [1.82, 2.24) is 5.12 Å². The van der Waals surface area contributed by atoms with E-state index >= 15 is 0 Å². The van der Waals surface area contributed by atoms with Crippen molar-refractivity contribution in [3.63, 3.8) is 0 Å². The first-order valence-electron chi connectivity index (χ1n) is 5.92. The Labute approximate surface area is 115 Å². The minimum absolute atomic E-state index is 0.119. The van der Waals surface area contributed by atoms with Gasteiger partial charge in [-0.05, 0) is 29.8 Å². The molecule has 0 N–H and O–H groups in total. The van der Waals surface area contributed by atoms with E-state index < -0.39 is 5.91 Å². The Morgan fingerprint density at radius 3 is 2.35 bits per heavy atom. The SMILES string of the molecule is O=COc1ccc(C(=O)N(F)Cc2ccccc2)cc1. The first-order valence-corrected chi connectivity index (χ1v) is 5.92. The van der Waals surface area contributed by atoms with Gasteiger partial charge in [0.25, 0.3) is 12.4 Å². The molecule has 0 saturated heterocycles. The van der Waals surface area contributed by atoms with Gasteiger partial charge in [-0.25, -0.2) is 0 Å². The number of hydrogen-bond donors (Lipinski definition) is 0. The van der Waals surface area contributed by atoms with Gasteiger partial charge in [0.05, 0.1) is 6.54 Å². The van der Waals surface area contributed by atoms with Crippen molar-refractivity contribution in [3.05, 3.63) is 65.7 Å². The van der Waals surface area contributed by atoms with Crippen LogP contribution in [0.3, 0.4) is 0 Å². The molecule has 5 heteroatoms. The van der Waals surface area contributed by atoms with Gasteiger partial charge in [-0.2, -0.15) is 5.12 Å². The summed E-state index contributed by atoms with van der Waals surface area (Å²) >= 11 is 0. The van der Waals surface area contributed by atoms with Crippen molar-refractivity contribution in [3.8, 4) is 5.75 Å². The van der Waals surface area contributed by atoms with Gasteiger partial charge in [0, 0.05) is 5.56 Å². The minimum atomic E-state index is -0.744. The van der Waals surface area contributed by atoms with E-state index in [1.165, 1.54) is 24.3 Å².